The minimum Gasteiger partial charge on any atom is -0.370 e. The molecule has 16 heavy (non-hydrogen) atoms. The highest BCUT2D eigenvalue weighted by Crippen LogP contribution is 2.39. The van der Waals surface area contributed by atoms with Gasteiger partial charge in [0, 0.05) is 0 Å². The number of hydrogen-bond donors (Lipinski definition) is 0. The SMILES string of the molecule is Cc1ccc(S(=O)(=O)[C@H]2O[C@H]2[C@H]2CO2)cc1. The van der Waals surface area contributed by atoms with Crippen LogP contribution in [0.2, 0.25) is 0 Å². The van der Waals surface area contributed by atoms with E-state index in [2.05, 4.69) is 0 Å². The summed E-state index contributed by atoms with van der Waals surface area (Å²) in [6.45, 7) is 2.54. The van der Waals surface area contributed by atoms with Crippen LogP contribution in [0.1, 0.15) is 5.56 Å². The van der Waals surface area contributed by atoms with Crippen molar-refractivity contribution in [3.8, 4) is 0 Å². The van der Waals surface area contributed by atoms with Gasteiger partial charge in [0.15, 0.2) is 5.44 Å². The fourth-order valence-corrected chi connectivity index (χ4v) is 3.32. The van der Waals surface area contributed by atoms with Crippen molar-refractivity contribution in [3.05, 3.63) is 29.8 Å². The highest BCUT2D eigenvalue weighted by molar-refractivity contribution is 7.92. The van der Waals surface area contributed by atoms with E-state index >= 15 is 0 Å². The third-order valence-corrected chi connectivity index (χ3v) is 4.78. The Morgan fingerprint density at radius 3 is 2.44 bits per heavy atom. The van der Waals surface area contributed by atoms with Crippen LogP contribution < -0.4 is 0 Å². The molecule has 2 saturated heterocycles. The van der Waals surface area contributed by atoms with Crippen LogP contribution >= 0.6 is 0 Å². The number of aryl methyl sites for hydroxylation is 1. The first-order chi connectivity index (χ1) is 7.59. The van der Waals surface area contributed by atoms with E-state index in [1.807, 2.05) is 6.92 Å². The van der Waals surface area contributed by atoms with Gasteiger partial charge >= 0.3 is 0 Å². The van der Waals surface area contributed by atoms with Crippen LogP contribution in [-0.4, -0.2) is 32.7 Å². The first-order valence-electron chi connectivity index (χ1n) is 5.17. The van der Waals surface area contributed by atoms with Crippen molar-refractivity contribution in [2.75, 3.05) is 6.61 Å². The van der Waals surface area contributed by atoms with Crippen molar-refractivity contribution in [2.24, 2.45) is 0 Å². The summed E-state index contributed by atoms with van der Waals surface area (Å²) in [6.07, 6.45) is -0.267. The lowest BCUT2D eigenvalue weighted by atomic mass is 10.2. The predicted molar refractivity (Wildman–Crippen MR) is 56.8 cm³/mol. The second kappa shape index (κ2) is 3.29. The van der Waals surface area contributed by atoms with E-state index in [4.69, 9.17) is 9.47 Å². The van der Waals surface area contributed by atoms with Gasteiger partial charge in [0.2, 0.25) is 9.84 Å². The summed E-state index contributed by atoms with van der Waals surface area (Å²) in [7, 11) is -3.34. The number of sulfone groups is 1. The smallest absolute Gasteiger partial charge is 0.207 e. The Labute approximate surface area is 94.1 Å². The molecule has 0 N–H and O–H groups in total. The second-order valence-electron chi connectivity index (χ2n) is 4.20. The fourth-order valence-electron chi connectivity index (χ4n) is 1.73. The molecule has 2 aliphatic heterocycles. The quantitative estimate of drug-likeness (QED) is 0.736. The van der Waals surface area contributed by atoms with Crippen LogP contribution in [0, 0.1) is 6.92 Å². The molecule has 0 amide bonds. The van der Waals surface area contributed by atoms with Crippen LogP contribution in [0.25, 0.3) is 0 Å². The lowest BCUT2D eigenvalue weighted by Gasteiger charge is -2.01. The van der Waals surface area contributed by atoms with Crippen molar-refractivity contribution in [3.63, 3.8) is 0 Å². The summed E-state index contributed by atoms with van der Waals surface area (Å²) >= 11 is 0. The summed E-state index contributed by atoms with van der Waals surface area (Å²) in [6, 6.07) is 6.82. The highest BCUT2D eigenvalue weighted by Gasteiger charge is 2.58. The molecule has 0 spiro atoms. The summed E-state index contributed by atoms with van der Waals surface area (Å²) < 4.78 is 34.3. The molecule has 0 bridgehead atoms. The molecule has 5 heteroatoms. The summed E-state index contributed by atoms with van der Waals surface area (Å²) in [5.74, 6) is 0. The van der Waals surface area contributed by atoms with E-state index in [9.17, 15) is 8.42 Å². The van der Waals surface area contributed by atoms with Crippen molar-refractivity contribution in [1.29, 1.82) is 0 Å². The van der Waals surface area contributed by atoms with Gasteiger partial charge in [-0.15, -0.1) is 0 Å². The van der Waals surface area contributed by atoms with Gasteiger partial charge in [-0.2, -0.15) is 0 Å². The van der Waals surface area contributed by atoms with Gasteiger partial charge in [-0.3, -0.25) is 0 Å². The lowest BCUT2D eigenvalue weighted by molar-refractivity contribution is 0.322. The molecular formula is C11H12O4S. The van der Waals surface area contributed by atoms with E-state index in [0.717, 1.165) is 5.56 Å². The van der Waals surface area contributed by atoms with Crippen LogP contribution in [0.4, 0.5) is 0 Å². The first kappa shape index (κ1) is 10.3. The Morgan fingerprint density at radius 2 is 1.88 bits per heavy atom. The maximum absolute atomic E-state index is 12.1. The van der Waals surface area contributed by atoms with Gasteiger partial charge in [0.1, 0.15) is 12.2 Å². The molecule has 1 aromatic carbocycles. The van der Waals surface area contributed by atoms with Gasteiger partial charge < -0.3 is 9.47 Å². The van der Waals surface area contributed by atoms with Crippen LogP contribution in [-0.2, 0) is 19.3 Å². The topological polar surface area (TPSA) is 59.2 Å². The van der Waals surface area contributed by atoms with E-state index in [1.165, 1.54) is 0 Å². The number of ether oxygens (including phenoxy) is 2. The van der Waals surface area contributed by atoms with Crippen LogP contribution in [0.15, 0.2) is 29.2 Å². The number of epoxide rings is 2. The Bertz CT molecular complexity index is 501. The van der Waals surface area contributed by atoms with Crippen LogP contribution in [0.3, 0.4) is 0 Å². The van der Waals surface area contributed by atoms with Gasteiger partial charge in [0.05, 0.1) is 11.5 Å². The fraction of sp³-hybridized carbons (Fsp3) is 0.455. The summed E-state index contributed by atoms with van der Waals surface area (Å²) in [5.41, 5.74) is 0.334. The maximum atomic E-state index is 12.1. The van der Waals surface area contributed by atoms with Gasteiger partial charge in [0.25, 0.3) is 0 Å². The van der Waals surface area contributed by atoms with Crippen molar-refractivity contribution in [2.45, 2.75) is 29.5 Å². The molecule has 0 unspecified atom stereocenters. The average molecular weight is 240 g/mol. The van der Waals surface area contributed by atoms with Gasteiger partial charge in [-0.25, -0.2) is 8.42 Å². The molecule has 0 aliphatic carbocycles. The lowest BCUT2D eigenvalue weighted by Crippen LogP contribution is -2.14. The largest absolute Gasteiger partial charge is 0.370 e. The van der Waals surface area contributed by atoms with Crippen molar-refractivity contribution < 1.29 is 17.9 Å². The zero-order valence-electron chi connectivity index (χ0n) is 8.79. The molecule has 1 aromatic rings. The molecule has 2 heterocycles. The third-order valence-electron chi connectivity index (χ3n) is 2.86. The molecule has 2 fully saturated rings. The third kappa shape index (κ3) is 1.65. The van der Waals surface area contributed by atoms with Crippen LogP contribution in [0.5, 0.6) is 0 Å². The Balaban J connectivity index is 1.85. The highest BCUT2D eigenvalue weighted by atomic mass is 32.2. The molecule has 0 radical (unpaired) electrons. The molecule has 2 aliphatic rings. The first-order valence-corrected chi connectivity index (χ1v) is 6.71. The molecule has 3 rings (SSSR count). The van der Waals surface area contributed by atoms with E-state index in [0.29, 0.717) is 11.5 Å². The average Bonchev–Trinajstić information content (AvgIpc) is 3.10. The second-order valence-corrected chi connectivity index (χ2v) is 6.22. The standard InChI is InChI=1S/C11H12O4S/c1-7-2-4-8(5-3-7)16(12,13)11-10(15-11)9-6-14-9/h2-5,9-11H,6H2,1H3/t9-,10+,11-/m1/s1. The maximum Gasteiger partial charge on any atom is 0.207 e. The van der Waals surface area contributed by atoms with E-state index in [-0.39, 0.29) is 12.2 Å². The Morgan fingerprint density at radius 1 is 1.25 bits per heavy atom. The minimum absolute atomic E-state index is 0.00905. The monoisotopic (exact) mass is 240 g/mol. The molecule has 0 saturated carbocycles. The molecule has 0 aromatic heterocycles. The molecule has 3 atom stereocenters. The summed E-state index contributed by atoms with van der Waals surface area (Å²) in [4.78, 5) is 0.325. The predicted octanol–water partition coefficient (Wildman–Crippen LogP) is 0.892. The molecule has 86 valence electrons. The summed E-state index contributed by atoms with van der Waals surface area (Å²) in [5, 5.41) is 0. The zero-order chi connectivity index (χ0) is 11.3. The van der Waals surface area contributed by atoms with Crippen molar-refractivity contribution in [1.82, 2.24) is 0 Å². The van der Waals surface area contributed by atoms with Gasteiger partial charge in [-0.05, 0) is 19.1 Å². The molecule has 4 nitrogen and oxygen atoms in total. The molecular weight excluding hydrogens is 228 g/mol. The zero-order valence-corrected chi connectivity index (χ0v) is 9.61. The number of rotatable bonds is 3. The van der Waals surface area contributed by atoms with Crippen molar-refractivity contribution >= 4 is 9.84 Å². The Kier molecular flexibility index (Phi) is 2.11. The number of hydrogen-bond acceptors (Lipinski definition) is 4. The van der Waals surface area contributed by atoms with E-state index in [1.54, 1.807) is 24.3 Å². The number of benzene rings is 1. The van der Waals surface area contributed by atoms with E-state index < -0.39 is 15.3 Å². The Hall–Kier alpha value is -0.910. The minimum atomic E-state index is -3.34. The van der Waals surface area contributed by atoms with Gasteiger partial charge in [-0.1, -0.05) is 17.7 Å². The normalized spacial score (nSPS) is 32.4.